The number of para-hydroxylation sites is 4. The molecule has 360 valence electrons. The molecular weight excluding hydrogens is 953 g/mol. The van der Waals surface area contributed by atoms with Crippen molar-refractivity contribution in [1.29, 1.82) is 5.26 Å². The van der Waals surface area contributed by atoms with Crippen LogP contribution in [0, 0.1) is 11.3 Å². The maximum Gasteiger partial charge on any atom is 0.164 e. The van der Waals surface area contributed by atoms with E-state index >= 15 is 0 Å². The molecule has 4 aromatic heterocycles. The molecule has 0 radical (unpaired) electrons. The van der Waals surface area contributed by atoms with Crippen molar-refractivity contribution in [3.63, 3.8) is 0 Å². The van der Waals surface area contributed by atoms with E-state index in [0.717, 1.165) is 71.2 Å². The third-order valence-electron chi connectivity index (χ3n) is 16.6. The third kappa shape index (κ3) is 5.52. The Balaban J connectivity index is 1.10. The Bertz CT molecular complexity index is 5000. The van der Waals surface area contributed by atoms with Crippen molar-refractivity contribution in [3.05, 3.63) is 270 Å². The van der Waals surface area contributed by atoms with Crippen LogP contribution in [-0.2, 0) is 5.41 Å². The van der Waals surface area contributed by atoms with Gasteiger partial charge in [-0.1, -0.05) is 206 Å². The van der Waals surface area contributed by atoms with Gasteiger partial charge in [0.2, 0.25) is 0 Å². The molecule has 0 unspecified atom stereocenters. The fourth-order valence-corrected chi connectivity index (χ4v) is 13.7. The number of aromatic nitrogens is 5. The van der Waals surface area contributed by atoms with E-state index in [-0.39, 0.29) is 0 Å². The SMILES string of the molecule is N#Cc1cc(-c2nc(-c3ccccc3)nc(-c3ccccc3)n2)c2c(oc3ccccc32)c1-n1c2ccccc2c2c3c(c4c(c5ccccc5n4-c4ccccc4)c21)-c1ccccc1C31c2ccccc2-c2ccccc21. The maximum absolute atomic E-state index is 12.0. The third-order valence-corrected chi connectivity index (χ3v) is 16.6. The van der Waals surface area contributed by atoms with E-state index in [0.29, 0.717) is 45.5 Å². The maximum atomic E-state index is 12.0. The quantitative estimate of drug-likeness (QED) is 0.171. The minimum atomic E-state index is -0.722. The Kier molecular flexibility index (Phi) is 8.71. The molecule has 2 aliphatic rings. The number of nitriles is 1. The Labute approximate surface area is 446 Å². The number of nitrogens with zero attached hydrogens (tertiary/aromatic N) is 6. The van der Waals surface area contributed by atoms with Gasteiger partial charge in [0, 0.05) is 60.3 Å². The molecule has 0 fully saturated rings. The molecule has 0 saturated carbocycles. The highest BCUT2D eigenvalue weighted by Gasteiger charge is 2.54. The second kappa shape index (κ2) is 15.9. The van der Waals surface area contributed by atoms with Gasteiger partial charge in [-0.3, -0.25) is 0 Å². The van der Waals surface area contributed by atoms with E-state index in [1.807, 2.05) is 84.9 Å². The molecule has 0 saturated heterocycles. The summed E-state index contributed by atoms with van der Waals surface area (Å²) in [7, 11) is 0. The Morgan fingerprint density at radius 3 is 1.53 bits per heavy atom. The van der Waals surface area contributed by atoms with Crippen LogP contribution in [-0.4, -0.2) is 24.1 Å². The standard InChI is InChI=1S/C71H40N6O/c72-41-44-40-52(70-74-68(42-22-4-1-5-23-42)73-69(75-70)43-24-6-2-7-25-43)59-51-33-15-21-39-58(51)78-67(59)64(44)77-57-38-20-13-31-49(57)61-63-60(65-62(66(61)77)50-32-14-19-37-56(50)76(65)45-26-8-3-9-27-45)48-30-12-18-36-55(48)71(63)53-34-16-10-28-46(53)47-29-11-17-35-54(47)71/h1-40H. The van der Waals surface area contributed by atoms with E-state index in [1.54, 1.807) is 0 Å². The van der Waals surface area contributed by atoms with Crippen molar-refractivity contribution in [2.75, 3.05) is 0 Å². The van der Waals surface area contributed by atoms with Gasteiger partial charge >= 0.3 is 0 Å². The van der Waals surface area contributed by atoms with Crippen LogP contribution in [0.3, 0.4) is 0 Å². The monoisotopic (exact) mass is 992 g/mol. The highest BCUT2D eigenvalue weighted by molar-refractivity contribution is 6.33. The van der Waals surface area contributed by atoms with E-state index in [4.69, 9.17) is 19.4 Å². The molecule has 0 bridgehead atoms. The molecule has 0 aliphatic heterocycles. The summed E-state index contributed by atoms with van der Waals surface area (Å²) in [6.45, 7) is 0. The van der Waals surface area contributed by atoms with Crippen LogP contribution in [0.4, 0.5) is 0 Å². The number of benzene rings is 11. The first kappa shape index (κ1) is 42.7. The fourth-order valence-electron chi connectivity index (χ4n) is 13.7. The number of fused-ring (bicyclic) bond motifs is 22. The van der Waals surface area contributed by atoms with E-state index in [2.05, 4.69) is 173 Å². The van der Waals surface area contributed by atoms with Crippen LogP contribution < -0.4 is 0 Å². The van der Waals surface area contributed by atoms with E-state index in [1.165, 1.54) is 44.5 Å². The lowest BCUT2D eigenvalue weighted by Crippen LogP contribution is -2.26. The number of hydrogen-bond acceptors (Lipinski definition) is 5. The van der Waals surface area contributed by atoms with Gasteiger partial charge in [-0.15, -0.1) is 0 Å². The minimum absolute atomic E-state index is 0.414. The van der Waals surface area contributed by atoms with Gasteiger partial charge in [-0.25, -0.2) is 15.0 Å². The van der Waals surface area contributed by atoms with Crippen LogP contribution in [0.5, 0.6) is 0 Å². The molecular formula is C71H40N6O. The summed E-state index contributed by atoms with van der Waals surface area (Å²) in [4.78, 5) is 15.6. The highest BCUT2D eigenvalue weighted by atomic mass is 16.3. The van der Waals surface area contributed by atoms with Crippen molar-refractivity contribution < 1.29 is 4.42 Å². The molecule has 1 spiro atoms. The van der Waals surface area contributed by atoms with Crippen LogP contribution in [0.2, 0.25) is 0 Å². The second-order valence-electron chi connectivity index (χ2n) is 20.4. The number of furan rings is 1. The molecule has 11 aromatic carbocycles. The summed E-state index contributed by atoms with van der Waals surface area (Å²) in [6, 6.07) is 88.3. The Morgan fingerprint density at radius 2 is 0.897 bits per heavy atom. The average Bonchev–Trinajstić information content (AvgIpc) is 4.44. The van der Waals surface area contributed by atoms with Crippen LogP contribution in [0.1, 0.15) is 27.8 Å². The molecule has 2 aliphatic carbocycles. The lowest BCUT2D eigenvalue weighted by molar-refractivity contribution is 0.666. The van der Waals surface area contributed by atoms with Gasteiger partial charge in [-0.05, 0) is 75.3 Å². The van der Waals surface area contributed by atoms with E-state index in [9.17, 15) is 5.26 Å². The topological polar surface area (TPSA) is 85.5 Å². The van der Waals surface area contributed by atoms with E-state index < -0.39 is 5.41 Å². The van der Waals surface area contributed by atoms with Crippen molar-refractivity contribution in [3.8, 4) is 73.9 Å². The van der Waals surface area contributed by atoms with Crippen LogP contribution in [0.15, 0.2) is 247 Å². The molecule has 78 heavy (non-hydrogen) atoms. The summed E-state index contributed by atoms with van der Waals surface area (Å²) in [6.07, 6.45) is 0. The lowest BCUT2D eigenvalue weighted by Gasteiger charge is -2.31. The van der Waals surface area contributed by atoms with Crippen molar-refractivity contribution in [2.45, 2.75) is 5.41 Å². The van der Waals surface area contributed by atoms with Gasteiger partial charge in [0.1, 0.15) is 17.3 Å². The summed E-state index contributed by atoms with van der Waals surface area (Å²) >= 11 is 0. The van der Waals surface area contributed by atoms with Crippen molar-refractivity contribution in [1.82, 2.24) is 24.1 Å². The zero-order valence-corrected chi connectivity index (χ0v) is 41.7. The normalized spacial score (nSPS) is 13.0. The smallest absolute Gasteiger partial charge is 0.164 e. The summed E-state index contributed by atoms with van der Waals surface area (Å²) in [5.41, 5.74) is 19.0. The minimum Gasteiger partial charge on any atom is -0.454 e. The first-order valence-corrected chi connectivity index (χ1v) is 26.3. The molecule has 4 heterocycles. The summed E-state index contributed by atoms with van der Waals surface area (Å²) in [5.74, 6) is 1.50. The van der Waals surface area contributed by atoms with Crippen LogP contribution in [0.25, 0.3) is 133 Å². The van der Waals surface area contributed by atoms with Gasteiger partial charge in [0.15, 0.2) is 23.1 Å². The number of rotatable bonds is 5. The molecule has 15 aromatic rings. The molecule has 7 heteroatoms. The average molecular weight is 993 g/mol. The Hall–Kier alpha value is -10.7. The molecule has 17 rings (SSSR count). The first-order valence-electron chi connectivity index (χ1n) is 26.3. The van der Waals surface area contributed by atoms with Crippen LogP contribution >= 0.6 is 0 Å². The first-order chi connectivity index (χ1) is 38.7. The van der Waals surface area contributed by atoms with Gasteiger partial charge in [-0.2, -0.15) is 5.26 Å². The summed E-state index contributed by atoms with van der Waals surface area (Å²) in [5, 5.41) is 18.0. The number of hydrogen-bond donors (Lipinski definition) is 0. The molecule has 0 N–H and O–H groups in total. The summed E-state index contributed by atoms with van der Waals surface area (Å²) < 4.78 is 12.1. The highest BCUT2D eigenvalue weighted by Crippen LogP contribution is 2.67. The predicted molar refractivity (Wildman–Crippen MR) is 313 cm³/mol. The second-order valence-corrected chi connectivity index (χ2v) is 20.4. The van der Waals surface area contributed by atoms with Gasteiger partial charge in [0.25, 0.3) is 0 Å². The zero-order chi connectivity index (χ0) is 51.2. The Morgan fingerprint density at radius 1 is 0.410 bits per heavy atom. The largest absolute Gasteiger partial charge is 0.454 e. The van der Waals surface area contributed by atoms with Gasteiger partial charge in [0.05, 0.1) is 33.0 Å². The zero-order valence-electron chi connectivity index (χ0n) is 41.7. The van der Waals surface area contributed by atoms with Gasteiger partial charge < -0.3 is 13.6 Å². The fraction of sp³-hybridized carbons (Fsp3) is 0.0141. The van der Waals surface area contributed by atoms with Crippen molar-refractivity contribution >= 4 is 65.6 Å². The molecule has 0 atom stereocenters. The molecule has 7 nitrogen and oxygen atoms in total. The molecule has 0 amide bonds. The lowest BCUT2D eigenvalue weighted by atomic mass is 9.69. The van der Waals surface area contributed by atoms with Crippen molar-refractivity contribution in [2.24, 2.45) is 0 Å². The predicted octanol–water partition coefficient (Wildman–Crippen LogP) is 17.2.